The van der Waals surface area contributed by atoms with E-state index in [9.17, 15) is 14.7 Å². The van der Waals surface area contributed by atoms with Gasteiger partial charge in [-0.05, 0) is 31.0 Å². The smallest absolute Gasteiger partial charge is 0.216 e. The number of phenols is 1. The third kappa shape index (κ3) is 3.73. The van der Waals surface area contributed by atoms with Crippen molar-refractivity contribution < 1.29 is 14.7 Å². The van der Waals surface area contributed by atoms with E-state index in [1.807, 2.05) is 20.8 Å². The SMILES string of the molecule is C=CCc1c(O)ccc2c1C(CNC(C)=O)C(C)N2C=O.CC. The first-order valence-corrected chi connectivity index (χ1v) is 7.95. The summed E-state index contributed by atoms with van der Waals surface area (Å²) in [6.07, 6.45) is 3.04. The lowest BCUT2D eigenvalue weighted by Crippen LogP contribution is -2.35. The molecule has 1 heterocycles. The number of aromatic hydroxyl groups is 1. The van der Waals surface area contributed by atoms with Gasteiger partial charge in [-0.25, -0.2) is 0 Å². The topological polar surface area (TPSA) is 69.6 Å². The number of carbonyl (C=O) groups excluding carboxylic acids is 2. The average Bonchev–Trinajstić information content (AvgIpc) is 2.81. The highest BCUT2D eigenvalue weighted by Gasteiger charge is 2.37. The molecule has 0 aliphatic carbocycles. The Morgan fingerprint density at radius 1 is 1.43 bits per heavy atom. The molecule has 0 saturated heterocycles. The van der Waals surface area contributed by atoms with E-state index in [-0.39, 0.29) is 23.6 Å². The van der Waals surface area contributed by atoms with E-state index in [0.29, 0.717) is 13.0 Å². The van der Waals surface area contributed by atoms with Crippen LogP contribution in [0.2, 0.25) is 0 Å². The Bertz CT molecular complexity index is 584. The fourth-order valence-corrected chi connectivity index (χ4v) is 2.97. The predicted octanol–water partition coefficient (Wildman–Crippen LogP) is 2.73. The maximum atomic E-state index is 11.4. The Labute approximate surface area is 138 Å². The van der Waals surface area contributed by atoms with Gasteiger partial charge in [0.1, 0.15) is 5.75 Å². The zero-order valence-electron chi connectivity index (χ0n) is 14.3. The van der Waals surface area contributed by atoms with Gasteiger partial charge in [-0.1, -0.05) is 19.9 Å². The van der Waals surface area contributed by atoms with Gasteiger partial charge in [0.2, 0.25) is 12.3 Å². The van der Waals surface area contributed by atoms with Crippen molar-refractivity contribution in [3.05, 3.63) is 35.9 Å². The van der Waals surface area contributed by atoms with Gasteiger partial charge in [-0.3, -0.25) is 9.59 Å². The minimum atomic E-state index is -0.112. The number of benzene rings is 1. The fourth-order valence-electron chi connectivity index (χ4n) is 2.97. The second kappa shape index (κ2) is 8.36. The number of anilines is 1. The molecular formula is C18H26N2O3. The van der Waals surface area contributed by atoms with Crippen LogP contribution in [0.15, 0.2) is 24.8 Å². The lowest BCUT2D eigenvalue weighted by atomic mass is 9.90. The van der Waals surface area contributed by atoms with Gasteiger partial charge in [0.25, 0.3) is 0 Å². The number of carbonyl (C=O) groups is 2. The molecule has 126 valence electrons. The molecule has 2 atom stereocenters. The largest absolute Gasteiger partial charge is 0.508 e. The molecule has 5 nitrogen and oxygen atoms in total. The highest BCUT2D eigenvalue weighted by Crippen LogP contribution is 2.44. The minimum absolute atomic E-state index is 0.0452. The Morgan fingerprint density at radius 3 is 2.61 bits per heavy atom. The number of phenolic OH excluding ortho intramolecular Hbond substituents is 1. The van der Waals surface area contributed by atoms with Crippen LogP contribution in [0.3, 0.4) is 0 Å². The molecule has 2 unspecified atom stereocenters. The average molecular weight is 318 g/mol. The second-order valence-corrected chi connectivity index (χ2v) is 5.29. The monoisotopic (exact) mass is 318 g/mol. The van der Waals surface area contributed by atoms with Crippen LogP contribution >= 0.6 is 0 Å². The number of nitrogens with one attached hydrogen (secondary N) is 1. The zero-order chi connectivity index (χ0) is 17.6. The van der Waals surface area contributed by atoms with Crippen LogP contribution in [0.4, 0.5) is 5.69 Å². The number of allylic oxidation sites excluding steroid dienone is 1. The van der Waals surface area contributed by atoms with E-state index < -0.39 is 0 Å². The molecule has 2 amide bonds. The minimum Gasteiger partial charge on any atom is -0.508 e. The summed E-state index contributed by atoms with van der Waals surface area (Å²) in [5.74, 6) is 0.0382. The summed E-state index contributed by atoms with van der Waals surface area (Å²) < 4.78 is 0. The number of hydrogen-bond acceptors (Lipinski definition) is 3. The Hall–Kier alpha value is -2.30. The van der Waals surface area contributed by atoms with Gasteiger partial charge in [0, 0.05) is 36.7 Å². The van der Waals surface area contributed by atoms with Gasteiger partial charge in [0.15, 0.2) is 0 Å². The van der Waals surface area contributed by atoms with Gasteiger partial charge in [-0.2, -0.15) is 0 Å². The lowest BCUT2D eigenvalue weighted by molar-refractivity contribution is -0.119. The third-order valence-corrected chi connectivity index (χ3v) is 4.01. The van der Waals surface area contributed by atoms with E-state index in [1.54, 1.807) is 23.1 Å². The van der Waals surface area contributed by atoms with Crippen LogP contribution < -0.4 is 10.2 Å². The molecule has 5 heteroatoms. The van der Waals surface area contributed by atoms with Gasteiger partial charge in [0.05, 0.1) is 0 Å². The van der Waals surface area contributed by atoms with Crippen LogP contribution in [-0.2, 0) is 16.0 Å². The summed E-state index contributed by atoms with van der Waals surface area (Å²) in [6, 6.07) is 3.27. The van der Waals surface area contributed by atoms with E-state index >= 15 is 0 Å². The number of amides is 2. The van der Waals surface area contributed by atoms with Crippen LogP contribution in [-0.4, -0.2) is 30.0 Å². The first kappa shape index (κ1) is 18.7. The van der Waals surface area contributed by atoms with E-state index in [0.717, 1.165) is 23.2 Å². The van der Waals surface area contributed by atoms with Gasteiger partial charge in [-0.15, -0.1) is 6.58 Å². The summed E-state index contributed by atoms with van der Waals surface area (Å²) in [5.41, 5.74) is 2.49. The second-order valence-electron chi connectivity index (χ2n) is 5.29. The van der Waals surface area contributed by atoms with E-state index in [1.165, 1.54) is 6.92 Å². The van der Waals surface area contributed by atoms with Crippen LogP contribution in [0, 0.1) is 0 Å². The molecule has 0 fully saturated rings. The normalized spacial score (nSPS) is 18.5. The maximum Gasteiger partial charge on any atom is 0.216 e. The van der Waals surface area contributed by atoms with Crippen LogP contribution in [0.25, 0.3) is 0 Å². The first-order valence-electron chi connectivity index (χ1n) is 7.95. The predicted molar refractivity (Wildman–Crippen MR) is 92.8 cm³/mol. The van der Waals surface area contributed by atoms with Crippen molar-refractivity contribution in [2.45, 2.75) is 46.1 Å². The Kier molecular flexibility index (Phi) is 6.82. The molecule has 0 radical (unpaired) electrons. The van der Waals surface area contributed by atoms with Crippen molar-refractivity contribution in [3.8, 4) is 5.75 Å². The van der Waals surface area contributed by atoms with E-state index in [4.69, 9.17) is 0 Å². The van der Waals surface area contributed by atoms with Crippen molar-refractivity contribution in [2.75, 3.05) is 11.4 Å². The highest BCUT2D eigenvalue weighted by atomic mass is 16.3. The lowest BCUT2D eigenvalue weighted by Gasteiger charge is -2.21. The van der Waals surface area contributed by atoms with Crippen molar-refractivity contribution in [2.24, 2.45) is 0 Å². The molecule has 1 aromatic carbocycles. The quantitative estimate of drug-likeness (QED) is 0.648. The van der Waals surface area contributed by atoms with Crippen molar-refractivity contribution in [1.29, 1.82) is 0 Å². The first-order chi connectivity index (χ1) is 11.0. The van der Waals surface area contributed by atoms with Crippen molar-refractivity contribution in [3.63, 3.8) is 0 Å². The highest BCUT2D eigenvalue weighted by molar-refractivity contribution is 5.83. The van der Waals surface area contributed by atoms with Crippen LogP contribution in [0.5, 0.6) is 5.75 Å². The Morgan fingerprint density at radius 2 is 2.09 bits per heavy atom. The van der Waals surface area contributed by atoms with Gasteiger partial charge >= 0.3 is 0 Å². The molecule has 23 heavy (non-hydrogen) atoms. The van der Waals surface area contributed by atoms with Gasteiger partial charge < -0.3 is 15.3 Å². The van der Waals surface area contributed by atoms with E-state index in [2.05, 4.69) is 11.9 Å². The summed E-state index contributed by atoms with van der Waals surface area (Å²) in [4.78, 5) is 24.2. The number of fused-ring (bicyclic) bond motifs is 1. The zero-order valence-corrected chi connectivity index (χ0v) is 14.3. The molecule has 1 aliphatic rings. The summed E-state index contributed by atoms with van der Waals surface area (Å²) in [6.45, 7) is 11.6. The standard InChI is InChI=1S/C16H20N2O3.C2H6/c1-4-5-12-15(21)7-6-14-16(12)13(8-17-11(3)20)10(2)18(14)9-19;1-2/h4,6-7,9-10,13,21H,1,5,8H2,2-3H3,(H,17,20);1-2H3. The summed E-state index contributed by atoms with van der Waals surface area (Å²) in [7, 11) is 0. The fraction of sp³-hybridized carbons (Fsp3) is 0.444. The molecular weight excluding hydrogens is 292 g/mol. The number of rotatable bonds is 5. The van der Waals surface area contributed by atoms with Crippen LogP contribution in [0.1, 0.15) is 44.7 Å². The molecule has 0 spiro atoms. The van der Waals surface area contributed by atoms with Crippen molar-refractivity contribution in [1.82, 2.24) is 5.32 Å². The Balaban J connectivity index is 0.00000127. The molecule has 0 aromatic heterocycles. The molecule has 0 saturated carbocycles. The molecule has 2 rings (SSSR count). The summed E-state index contributed by atoms with van der Waals surface area (Å²) in [5, 5.41) is 12.9. The molecule has 1 aromatic rings. The van der Waals surface area contributed by atoms with Crippen molar-refractivity contribution >= 4 is 18.0 Å². The number of hydrogen-bond donors (Lipinski definition) is 2. The number of nitrogens with zero attached hydrogens (tertiary/aromatic N) is 1. The molecule has 0 bridgehead atoms. The summed E-state index contributed by atoms with van der Waals surface area (Å²) >= 11 is 0. The third-order valence-electron chi connectivity index (χ3n) is 4.01. The molecule has 1 aliphatic heterocycles. The maximum absolute atomic E-state index is 11.4. The molecule has 2 N–H and O–H groups in total.